The Bertz CT molecular complexity index is 1450. The van der Waals surface area contributed by atoms with E-state index in [1.165, 1.54) is 18.3 Å². The molecule has 0 amide bonds. The van der Waals surface area contributed by atoms with Gasteiger partial charge < -0.3 is 5.32 Å². The first-order valence-electron chi connectivity index (χ1n) is 9.68. The molecule has 0 aliphatic rings. The monoisotopic (exact) mass is 441 g/mol. The van der Waals surface area contributed by atoms with Crippen LogP contribution in [0.5, 0.6) is 0 Å². The van der Waals surface area contributed by atoms with Crippen molar-refractivity contribution in [2.45, 2.75) is 11.8 Å². The minimum atomic E-state index is -3.79. The number of hydrogen-bond donors (Lipinski definition) is 2. The smallest absolute Gasteiger partial charge is 0.238 e. The van der Waals surface area contributed by atoms with Crippen LogP contribution in [0.3, 0.4) is 0 Å². The molecular formula is C24H19N5O2S. The maximum atomic E-state index is 11.6. The third-order valence-electron chi connectivity index (χ3n) is 4.93. The minimum absolute atomic E-state index is 0.0275. The van der Waals surface area contributed by atoms with Crippen LogP contribution in [0.25, 0.3) is 22.4 Å². The highest BCUT2D eigenvalue weighted by Gasteiger charge is 2.13. The van der Waals surface area contributed by atoms with Crippen molar-refractivity contribution in [3.63, 3.8) is 0 Å². The molecule has 3 aromatic carbocycles. The lowest BCUT2D eigenvalue weighted by molar-refractivity contribution is 0.597. The van der Waals surface area contributed by atoms with E-state index in [9.17, 15) is 13.7 Å². The molecule has 0 saturated heterocycles. The lowest BCUT2D eigenvalue weighted by atomic mass is 10.0. The number of nitrogens with two attached hydrogens (primary N) is 1. The molecule has 3 N–H and O–H groups in total. The predicted molar refractivity (Wildman–Crippen MR) is 123 cm³/mol. The third kappa shape index (κ3) is 4.49. The van der Waals surface area contributed by atoms with Gasteiger partial charge in [0.2, 0.25) is 16.0 Å². The van der Waals surface area contributed by atoms with Gasteiger partial charge in [0.1, 0.15) is 6.07 Å². The van der Waals surface area contributed by atoms with Crippen molar-refractivity contribution in [3.05, 3.63) is 90.1 Å². The lowest BCUT2D eigenvalue weighted by Crippen LogP contribution is -2.12. The number of anilines is 2. The molecule has 0 fully saturated rings. The Morgan fingerprint density at radius 3 is 2.34 bits per heavy atom. The molecule has 0 saturated carbocycles. The van der Waals surface area contributed by atoms with Gasteiger partial charge in [-0.15, -0.1) is 0 Å². The Labute approximate surface area is 186 Å². The normalized spacial score (nSPS) is 11.0. The van der Waals surface area contributed by atoms with Crippen molar-refractivity contribution in [1.82, 2.24) is 9.97 Å². The standard InChI is InChI=1S/C24H19N5O2S/c1-16-12-21(32(26,30)31)10-11-22(16)28-24-27-15-20(14-25)23(29-24)19-9-5-8-18(13-19)17-6-3-2-4-7-17/h2-13,15H,1H3,(H2,26,30,31)(H,27,28,29). The van der Waals surface area contributed by atoms with Gasteiger partial charge in [-0.25, -0.2) is 23.5 Å². The molecule has 0 atom stereocenters. The van der Waals surface area contributed by atoms with Crippen LogP contribution in [0.2, 0.25) is 0 Å². The topological polar surface area (TPSA) is 122 Å². The van der Waals surface area contributed by atoms with E-state index in [1.807, 2.05) is 54.6 Å². The van der Waals surface area contributed by atoms with Gasteiger partial charge in [0.05, 0.1) is 22.3 Å². The Balaban J connectivity index is 1.71. The van der Waals surface area contributed by atoms with E-state index in [-0.39, 0.29) is 10.8 Å². The first-order valence-corrected chi connectivity index (χ1v) is 11.2. The first-order chi connectivity index (χ1) is 15.3. The second-order valence-corrected chi connectivity index (χ2v) is 8.72. The number of sulfonamides is 1. The molecule has 0 radical (unpaired) electrons. The molecule has 32 heavy (non-hydrogen) atoms. The van der Waals surface area contributed by atoms with Crippen molar-refractivity contribution in [1.29, 1.82) is 5.26 Å². The number of aromatic nitrogens is 2. The summed E-state index contributed by atoms with van der Waals surface area (Å²) in [6.45, 7) is 1.75. The number of nitrogens with one attached hydrogen (secondary N) is 1. The summed E-state index contributed by atoms with van der Waals surface area (Å²) >= 11 is 0. The van der Waals surface area contributed by atoms with Gasteiger partial charge in [-0.1, -0.05) is 48.5 Å². The maximum absolute atomic E-state index is 11.6. The number of benzene rings is 3. The molecular weight excluding hydrogens is 422 g/mol. The van der Waals surface area contributed by atoms with Gasteiger partial charge in [0.25, 0.3) is 0 Å². The molecule has 8 heteroatoms. The summed E-state index contributed by atoms with van der Waals surface area (Å²) in [5.41, 5.74) is 5.00. The van der Waals surface area contributed by atoms with Crippen LogP contribution in [-0.2, 0) is 10.0 Å². The van der Waals surface area contributed by atoms with Crippen molar-refractivity contribution >= 4 is 21.7 Å². The van der Waals surface area contributed by atoms with E-state index in [0.29, 0.717) is 22.5 Å². The van der Waals surface area contributed by atoms with Gasteiger partial charge in [0, 0.05) is 11.3 Å². The fourth-order valence-corrected chi connectivity index (χ4v) is 3.89. The summed E-state index contributed by atoms with van der Waals surface area (Å²) in [4.78, 5) is 8.83. The molecule has 0 unspecified atom stereocenters. The van der Waals surface area contributed by atoms with E-state index >= 15 is 0 Å². The molecule has 158 valence electrons. The Hall–Kier alpha value is -4.06. The van der Waals surface area contributed by atoms with Crippen molar-refractivity contribution in [3.8, 4) is 28.5 Å². The largest absolute Gasteiger partial charge is 0.324 e. The van der Waals surface area contributed by atoms with Crippen molar-refractivity contribution in [2.75, 3.05) is 5.32 Å². The average Bonchev–Trinajstić information content (AvgIpc) is 2.80. The van der Waals surface area contributed by atoms with E-state index < -0.39 is 10.0 Å². The summed E-state index contributed by atoms with van der Waals surface area (Å²) in [7, 11) is -3.79. The second kappa shape index (κ2) is 8.59. The Morgan fingerprint density at radius 2 is 1.66 bits per heavy atom. The highest BCUT2D eigenvalue weighted by atomic mass is 32.2. The van der Waals surface area contributed by atoms with Crippen LogP contribution in [0.4, 0.5) is 11.6 Å². The van der Waals surface area contributed by atoms with Gasteiger partial charge in [-0.3, -0.25) is 0 Å². The summed E-state index contributed by atoms with van der Waals surface area (Å²) in [5, 5.41) is 17.9. The number of nitriles is 1. The average molecular weight is 442 g/mol. The first kappa shape index (κ1) is 21.2. The fraction of sp³-hybridized carbons (Fsp3) is 0.0417. The Morgan fingerprint density at radius 1 is 0.938 bits per heavy atom. The maximum Gasteiger partial charge on any atom is 0.238 e. The highest BCUT2D eigenvalue weighted by Crippen LogP contribution is 2.28. The van der Waals surface area contributed by atoms with Crippen molar-refractivity contribution < 1.29 is 8.42 Å². The zero-order valence-electron chi connectivity index (χ0n) is 17.1. The molecule has 7 nitrogen and oxygen atoms in total. The quantitative estimate of drug-likeness (QED) is 0.474. The molecule has 0 spiro atoms. The number of nitrogens with zero attached hydrogens (tertiary/aromatic N) is 3. The highest BCUT2D eigenvalue weighted by molar-refractivity contribution is 7.89. The van der Waals surface area contributed by atoms with Gasteiger partial charge in [0.15, 0.2) is 0 Å². The van der Waals surface area contributed by atoms with E-state index in [4.69, 9.17) is 5.14 Å². The fourth-order valence-electron chi connectivity index (χ4n) is 3.29. The molecule has 1 aromatic heterocycles. The van der Waals surface area contributed by atoms with Gasteiger partial charge in [-0.05, 0) is 47.9 Å². The molecule has 0 bridgehead atoms. The van der Waals surface area contributed by atoms with Crippen LogP contribution >= 0.6 is 0 Å². The van der Waals surface area contributed by atoms with Crippen LogP contribution in [0, 0.1) is 18.3 Å². The summed E-state index contributed by atoms with van der Waals surface area (Å²) in [5.74, 6) is 0.288. The van der Waals surface area contributed by atoms with Gasteiger partial charge in [-0.2, -0.15) is 5.26 Å². The van der Waals surface area contributed by atoms with Gasteiger partial charge >= 0.3 is 0 Å². The minimum Gasteiger partial charge on any atom is -0.324 e. The van der Waals surface area contributed by atoms with E-state index in [2.05, 4.69) is 21.4 Å². The molecule has 4 aromatic rings. The summed E-state index contributed by atoms with van der Waals surface area (Å²) in [6, 6.07) is 24.4. The molecule has 0 aliphatic heterocycles. The van der Waals surface area contributed by atoms with E-state index in [1.54, 1.807) is 13.0 Å². The SMILES string of the molecule is Cc1cc(S(N)(=O)=O)ccc1Nc1ncc(C#N)c(-c2cccc(-c3ccccc3)c2)n1. The van der Waals surface area contributed by atoms with Crippen LogP contribution in [0.1, 0.15) is 11.1 Å². The zero-order chi connectivity index (χ0) is 22.7. The summed E-state index contributed by atoms with van der Waals surface area (Å²) < 4.78 is 23.1. The molecule has 0 aliphatic carbocycles. The summed E-state index contributed by atoms with van der Waals surface area (Å²) in [6.07, 6.45) is 1.47. The molecule has 4 rings (SSSR count). The van der Waals surface area contributed by atoms with Crippen LogP contribution in [-0.4, -0.2) is 18.4 Å². The van der Waals surface area contributed by atoms with E-state index in [0.717, 1.165) is 16.7 Å². The number of hydrogen-bond acceptors (Lipinski definition) is 6. The lowest BCUT2D eigenvalue weighted by Gasteiger charge is -2.12. The predicted octanol–water partition coefficient (Wildman–Crippen LogP) is 4.38. The van der Waals surface area contributed by atoms with Crippen LogP contribution in [0.15, 0.2) is 83.9 Å². The Kier molecular flexibility index (Phi) is 5.69. The second-order valence-electron chi connectivity index (χ2n) is 7.16. The number of rotatable bonds is 5. The van der Waals surface area contributed by atoms with Crippen LogP contribution < -0.4 is 10.5 Å². The zero-order valence-corrected chi connectivity index (χ0v) is 18.0. The number of primary sulfonamides is 1. The van der Waals surface area contributed by atoms with Crippen molar-refractivity contribution in [2.24, 2.45) is 5.14 Å². The third-order valence-corrected chi connectivity index (χ3v) is 5.84. The molecule has 1 heterocycles. The number of aryl methyl sites for hydroxylation is 1.